The summed E-state index contributed by atoms with van der Waals surface area (Å²) < 4.78 is 27.7. The van der Waals surface area contributed by atoms with Crippen LogP contribution in [-0.2, 0) is 13.9 Å². The molecule has 1 saturated carbocycles. The molecule has 35 heavy (non-hydrogen) atoms. The summed E-state index contributed by atoms with van der Waals surface area (Å²) in [6, 6.07) is 5.52. The Labute approximate surface area is 201 Å². The minimum Gasteiger partial charge on any atom is -0.480 e. The Morgan fingerprint density at radius 1 is 1.26 bits per heavy atom. The monoisotopic (exact) mass is 511 g/mol. The van der Waals surface area contributed by atoms with Gasteiger partial charge in [-0.05, 0) is 39.3 Å². The van der Waals surface area contributed by atoms with Crippen molar-refractivity contribution in [2.75, 3.05) is 12.3 Å². The van der Waals surface area contributed by atoms with Crippen molar-refractivity contribution < 1.29 is 33.7 Å². The van der Waals surface area contributed by atoms with Crippen LogP contribution >= 0.6 is 7.75 Å². The summed E-state index contributed by atoms with van der Waals surface area (Å²) in [6.07, 6.45) is -1.50. The van der Waals surface area contributed by atoms with E-state index in [1.54, 1.807) is 44.2 Å². The van der Waals surface area contributed by atoms with Gasteiger partial charge in [-0.15, -0.1) is 0 Å². The summed E-state index contributed by atoms with van der Waals surface area (Å²) in [5.74, 6) is -2.01. The van der Waals surface area contributed by atoms with Gasteiger partial charge < -0.3 is 25.6 Å². The molecule has 14 heteroatoms. The molecule has 1 aliphatic rings. The van der Waals surface area contributed by atoms with E-state index in [2.05, 4.69) is 9.97 Å². The van der Waals surface area contributed by atoms with Crippen LogP contribution in [0.15, 0.2) is 41.5 Å². The van der Waals surface area contributed by atoms with E-state index in [1.807, 2.05) is 0 Å². The van der Waals surface area contributed by atoms with Crippen LogP contribution in [-0.4, -0.2) is 71.4 Å². The Balaban J connectivity index is 1.87. The van der Waals surface area contributed by atoms with Gasteiger partial charge in [0.1, 0.15) is 24.2 Å². The maximum atomic E-state index is 14.0. The van der Waals surface area contributed by atoms with E-state index < -0.39 is 55.7 Å². The third-order valence-electron chi connectivity index (χ3n) is 5.86. The van der Waals surface area contributed by atoms with Gasteiger partial charge in [0.15, 0.2) is 0 Å². The maximum Gasteiger partial charge on any atom is 0.462 e. The fourth-order valence-corrected chi connectivity index (χ4v) is 6.26. The number of nitrogens with two attached hydrogens (primary N) is 1. The summed E-state index contributed by atoms with van der Waals surface area (Å²) >= 11 is 0. The van der Waals surface area contributed by atoms with E-state index in [1.165, 1.54) is 6.92 Å². The number of hydrogen-bond donors (Lipinski definition) is 4. The molecular formula is C21H30N5O8P. The van der Waals surface area contributed by atoms with Crippen LogP contribution in [0.4, 0.5) is 5.95 Å². The van der Waals surface area contributed by atoms with E-state index in [0.29, 0.717) is 0 Å². The third-order valence-corrected chi connectivity index (χ3v) is 8.15. The lowest BCUT2D eigenvalue weighted by atomic mass is 10.1. The highest BCUT2D eigenvalue weighted by Gasteiger charge is 2.47. The zero-order chi connectivity index (χ0) is 25.9. The molecule has 0 aliphatic heterocycles. The van der Waals surface area contributed by atoms with Crippen molar-refractivity contribution in [3.63, 3.8) is 0 Å². The zero-order valence-electron chi connectivity index (χ0n) is 19.5. The van der Waals surface area contributed by atoms with Crippen LogP contribution in [0.1, 0.15) is 33.2 Å². The predicted molar refractivity (Wildman–Crippen MR) is 125 cm³/mol. The smallest absolute Gasteiger partial charge is 0.462 e. The van der Waals surface area contributed by atoms with Crippen molar-refractivity contribution in [3.05, 3.63) is 47.1 Å². The van der Waals surface area contributed by atoms with Crippen molar-refractivity contribution in [1.82, 2.24) is 19.2 Å². The molecule has 0 saturated heterocycles. The Kier molecular flexibility index (Phi) is 8.29. The third kappa shape index (κ3) is 5.88. The number of aliphatic hydroxyl groups is 2. The molecule has 13 nitrogen and oxygen atoms in total. The first kappa shape index (κ1) is 26.8. The van der Waals surface area contributed by atoms with Gasteiger partial charge in [0.2, 0.25) is 5.95 Å². The Morgan fingerprint density at radius 2 is 1.91 bits per heavy atom. The molecule has 2 aromatic rings. The average Bonchev–Trinajstić information content (AvgIpc) is 3.06. The number of nitrogen functional groups attached to an aromatic ring is 1. The molecule has 1 fully saturated rings. The number of nitrogens with zero attached hydrogens (tertiary/aromatic N) is 4. The van der Waals surface area contributed by atoms with E-state index in [-0.39, 0.29) is 24.7 Å². The van der Waals surface area contributed by atoms with Crippen LogP contribution < -0.4 is 15.9 Å². The second-order valence-corrected chi connectivity index (χ2v) is 10.4. The highest BCUT2D eigenvalue weighted by atomic mass is 31.2. The fourth-order valence-electron chi connectivity index (χ4n) is 4.12. The van der Waals surface area contributed by atoms with Gasteiger partial charge in [-0.2, -0.15) is 9.65 Å². The number of benzene rings is 1. The van der Waals surface area contributed by atoms with E-state index in [0.717, 1.165) is 15.6 Å². The molecule has 0 amide bonds. The molecule has 3 rings (SSSR count). The number of carboxylic acid groups (broad SMARTS) is 1. The Hall–Kier alpha value is -2.83. The highest BCUT2D eigenvalue weighted by Crippen LogP contribution is 2.55. The first-order chi connectivity index (χ1) is 16.4. The lowest BCUT2D eigenvalue weighted by Crippen LogP contribution is -2.43. The molecule has 192 valence electrons. The van der Waals surface area contributed by atoms with Gasteiger partial charge in [-0.3, -0.25) is 13.9 Å². The second-order valence-electron chi connectivity index (χ2n) is 8.61. The van der Waals surface area contributed by atoms with E-state index in [4.69, 9.17) is 14.8 Å². The number of hydrogen-bond acceptors (Lipinski definition) is 10. The second kappa shape index (κ2) is 10.8. The maximum absolute atomic E-state index is 14.0. The molecule has 0 bridgehead atoms. The van der Waals surface area contributed by atoms with E-state index >= 15 is 0 Å². The zero-order valence-corrected chi connectivity index (χ0v) is 20.4. The van der Waals surface area contributed by atoms with Gasteiger partial charge >= 0.3 is 19.4 Å². The summed E-state index contributed by atoms with van der Waals surface area (Å²) in [5, 5.41) is 30.8. The van der Waals surface area contributed by atoms with Crippen LogP contribution in [0, 0.1) is 5.92 Å². The topological polar surface area (TPSA) is 190 Å². The molecule has 1 unspecified atom stereocenters. The van der Waals surface area contributed by atoms with E-state index in [9.17, 15) is 29.5 Å². The molecule has 1 aromatic carbocycles. The SMILES string of the molecule is CC(C)N([C@@H](C)C(=O)O)P(=O)(OC[C@H]1C[C@@H](n2cnc(N)nc2=O)[C@H](O)[C@@H]1O)Oc1ccccc1. The summed E-state index contributed by atoms with van der Waals surface area (Å²) in [4.78, 5) is 31.2. The van der Waals surface area contributed by atoms with Gasteiger partial charge in [0, 0.05) is 12.0 Å². The lowest BCUT2D eigenvalue weighted by Gasteiger charge is -2.36. The largest absolute Gasteiger partial charge is 0.480 e. The molecular weight excluding hydrogens is 481 g/mol. The van der Waals surface area contributed by atoms with Gasteiger partial charge in [0.05, 0.1) is 18.8 Å². The molecule has 5 N–H and O–H groups in total. The van der Waals surface area contributed by atoms with Crippen LogP contribution in [0.2, 0.25) is 0 Å². The number of aliphatic carboxylic acids is 1. The van der Waals surface area contributed by atoms with Crippen molar-refractivity contribution in [2.45, 2.75) is 57.5 Å². The predicted octanol–water partition coefficient (Wildman–Crippen LogP) is 0.891. The number of anilines is 1. The number of para-hydroxylation sites is 1. The van der Waals surface area contributed by atoms with Gasteiger partial charge in [-0.25, -0.2) is 14.3 Å². The molecule has 1 aliphatic carbocycles. The van der Waals surface area contributed by atoms with Crippen LogP contribution in [0.25, 0.3) is 0 Å². The quantitative estimate of drug-likeness (QED) is 0.330. The number of carbonyl (C=O) groups is 1. The highest BCUT2D eigenvalue weighted by molar-refractivity contribution is 7.51. The van der Waals surface area contributed by atoms with Crippen molar-refractivity contribution >= 4 is 19.7 Å². The molecule has 0 radical (unpaired) electrons. The number of aromatic nitrogens is 3. The number of rotatable bonds is 10. The Bertz CT molecular complexity index is 1130. The first-order valence-corrected chi connectivity index (χ1v) is 12.5. The lowest BCUT2D eigenvalue weighted by molar-refractivity contribution is -0.141. The molecule has 0 spiro atoms. The molecule has 6 atom stereocenters. The summed E-state index contributed by atoms with van der Waals surface area (Å²) in [5.41, 5.74) is 4.67. The molecule has 1 heterocycles. The minimum atomic E-state index is -4.27. The number of carboxylic acids is 1. The van der Waals surface area contributed by atoms with Gasteiger partial charge in [-0.1, -0.05) is 18.2 Å². The minimum absolute atomic E-state index is 0.0665. The standard InChI is InChI=1S/C21H30N5O8P/c1-12(2)26(13(3)19(29)30)35(32,34-15-7-5-4-6-8-15)33-10-14-9-16(18(28)17(14)27)25-11-23-20(22)24-21(25)31/h4-8,11-14,16-18,27-28H,9-10H2,1-3H3,(H,29,30)(H2,22,24,31)/t13-,14+,16+,17+,18-,35?/m0/s1. The number of aliphatic hydroxyl groups excluding tert-OH is 2. The summed E-state index contributed by atoms with van der Waals surface area (Å²) in [6.45, 7) is 4.33. The molecule has 1 aromatic heterocycles. The average molecular weight is 511 g/mol. The first-order valence-electron chi connectivity index (χ1n) is 11.0. The van der Waals surface area contributed by atoms with Crippen LogP contribution in [0.5, 0.6) is 5.75 Å². The van der Waals surface area contributed by atoms with Crippen molar-refractivity contribution in [3.8, 4) is 5.75 Å². The normalized spacial score (nSPS) is 24.9. The van der Waals surface area contributed by atoms with Crippen molar-refractivity contribution in [2.24, 2.45) is 5.92 Å². The Morgan fingerprint density at radius 3 is 2.49 bits per heavy atom. The summed E-state index contributed by atoms with van der Waals surface area (Å²) in [7, 11) is -4.27. The fraction of sp³-hybridized carbons (Fsp3) is 0.524. The van der Waals surface area contributed by atoms with Gasteiger partial charge in [0.25, 0.3) is 0 Å². The van der Waals surface area contributed by atoms with Crippen molar-refractivity contribution in [1.29, 1.82) is 0 Å². The van der Waals surface area contributed by atoms with Crippen LogP contribution in [0.3, 0.4) is 0 Å².